The van der Waals surface area contributed by atoms with Gasteiger partial charge < -0.3 is 9.16 Å². The lowest BCUT2D eigenvalue weighted by molar-refractivity contribution is -0.188. The Balaban J connectivity index is 2.89. The number of rotatable bonds is 11. The average Bonchev–Trinajstić information content (AvgIpc) is 2.66. The molecule has 6 atom stereocenters. The van der Waals surface area contributed by atoms with Crippen molar-refractivity contribution in [3.05, 3.63) is 23.8 Å². The number of Topliss-reactive ketones (excluding diaryl/α,β-unsaturated/α-hetero) is 1. The van der Waals surface area contributed by atoms with Crippen LogP contribution in [0, 0.1) is 23.7 Å². The van der Waals surface area contributed by atoms with Crippen molar-refractivity contribution in [3.8, 4) is 0 Å². The molecular weight excluding hydrogens is 404 g/mol. The molecule has 0 aromatic rings. The molecule has 31 heavy (non-hydrogen) atoms. The first-order valence-electron chi connectivity index (χ1n) is 11.8. The zero-order chi connectivity index (χ0) is 24.3. The van der Waals surface area contributed by atoms with E-state index in [1.807, 2.05) is 20.8 Å². The van der Waals surface area contributed by atoms with E-state index in [-0.39, 0.29) is 52.7 Å². The molecule has 1 fully saturated rings. The number of allylic oxidation sites excluding steroid dienone is 2. The number of hydrogen-bond donors (Lipinski definition) is 0. The quantitative estimate of drug-likeness (QED) is 0.199. The maximum Gasteiger partial charge on any atom is 0.312 e. The number of hydrogen-bond acceptors (Lipinski definition) is 4. The van der Waals surface area contributed by atoms with Gasteiger partial charge in [0, 0.05) is 11.8 Å². The molecule has 1 aliphatic rings. The Labute approximate surface area is 192 Å². The van der Waals surface area contributed by atoms with Crippen LogP contribution in [0.1, 0.15) is 75.2 Å². The molecule has 0 radical (unpaired) electrons. The molecule has 0 saturated carbocycles. The number of carbonyl (C=O) groups is 2. The first kappa shape index (κ1) is 27.8. The van der Waals surface area contributed by atoms with E-state index in [1.54, 1.807) is 0 Å². The van der Waals surface area contributed by atoms with Gasteiger partial charge in [-0.2, -0.15) is 0 Å². The normalized spacial score (nSPS) is 24.0. The minimum Gasteiger partial charge on any atom is -0.461 e. The van der Waals surface area contributed by atoms with Crippen LogP contribution in [0.3, 0.4) is 0 Å². The number of ketones is 1. The van der Waals surface area contributed by atoms with Gasteiger partial charge in [0.2, 0.25) is 0 Å². The molecule has 0 bridgehead atoms. The predicted molar refractivity (Wildman–Crippen MR) is 131 cm³/mol. The average molecular weight is 451 g/mol. The number of ether oxygens (including phenoxy) is 1. The highest BCUT2D eigenvalue weighted by Gasteiger charge is 2.43. The minimum absolute atomic E-state index is 0.0176. The van der Waals surface area contributed by atoms with E-state index in [4.69, 9.17) is 9.16 Å². The molecule has 1 rings (SSSR count). The van der Waals surface area contributed by atoms with Crippen LogP contribution >= 0.6 is 0 Å². The van der Waals surface area contributed by atoms with Crippen molar-refractivity contribution < 1.29 is 18.8 Å². The van der Waals surface area contributed by atoms with Gasteiger partial charge in [-0.25, -0.2) is 0 Å². The van der Waals surface area contributed by atoms with Crippen LogP contribution in [0.2, 0.25) is 18.1 Å². The molecule has 0 aliphatic carbocycles. The van der Waals surface area contributed by atoms with E-state index in [0.717, 1.165) is 24.0 Å². The smallest absolute Gasteiger partial charge is 0.312 e. The highest BCUT2D eigenvalue weighted by molar-refractivity contribution is 6.74. The highest BCUT2D eigenvalue weighted by atomic mass is 28.4. The van der Waals surface area contributed by atoms with E-state index in [0.29, 0.717) is 0 Å². The van der Waals surface area contributed by atoms with Crippen molar-refractivity contribution in [2.45, 2.75) is 105 Å². The first-order valence-corrected chi connectivity index (χ1v) is 14.7. The second kappa shape index (κ2) is 10.6. The van der Waals surface area contributed by atoms with Crippen LogP contribution in [0.15, 0.2) is 23.8 Å². The summed E-state index contributed by atoms with van der Waals surface area (Å²) in [5, 5.41) is 0.0718. The van der Waals surface area contributed by atoms with E-state index in [9.17, 15) is 9.59 Å². The Morgan fingerprint density at radius 1 is 1.26 bits per heavy atom. The third kappa shape index (κ3) is 6.89. The fourth-order valence-electron chi connectivity index (χ4n) is 4.01. The lowest BCUT2D eigenvalue weighted by atomic mass is 9.83. The highest BCUT2D eigenvalue weighted by Crippen LogP contribution is 2.39. The van der Waals surface area contributed by atoms with Crippen LogP contribution in [0.25, 0.3) is 0 Å². The third-order valence-electron chi connectivity index (χ3n) is 7.29. The second-order valence-corrected chi connectivity index (χ2v) is 15.9. The first-order chi connectivity index (χ1) is 14.0. The monoisotopic (exact) mass is 450 g/mol. The molecule has 1 heterocycles. The van der Waals surface area contributed by atoms with Crippen LogP contribution in [-0.4, -0.2) is 32.3 Å². The molecule has 4 nitrogen and oxygen atoms in total. The van der Waals surface area contributed by atoms with Crippen molar-refractivity contribution in [1.82, 2.24) is 0 Å². The van der Waals surface area contributed by atoms with Crippen molar-refractivity contribution >= 4 is 20.1 Å². The van der Waals surface area contributed by atoms with E-state index in [1.165, 1.54) is 0 Å². The van der Waals surface area contributed by atoms with Crippen molar-refractivity contribution in [1.29, 1.82) is 0 Å². The standard InChI is InChI=1S/C26H46O4Si/c1-13-17(3)24(30-31(11,12)26(8,9)10)20(6)22(27)18(4)14-16(2)15-19(5)23-21(7)25(28)29-23/h14,18-21,23-24H,3,13,15H2,1-2,4-12H3/b16-14+/t18-,19+,20-,21+,23+,24-/m1/s1. The molecule has 5 heteroatoms. The molecule has 1 saturated heterocycles. The molecule has 1 aliphatic heterocycles. The SMILES string of the molecule is C=C(CC)[C@@H](O[Si](C)(C)C(C)(C)C)[C@H](C)C(=O)[C@H](C)/C=C(\C)C[C@H](C)[C@@H]1OC(=O)[C@H]1C. The van der Waals surface area contributed by atoms with E-state index >= 15 is 0 Å². The fraction of sp³-hybridized carbons (Fsp3) is 0.769. The second-order valence-electron chi connectivity index (χ2n) is 11.2. The Hall–Kier alpha value is -1.20. The minimum atomic E-state index is -2.04. The van der Waals surface area contributed by atoms with Crippen LogP contribution in [0.5, 0.6) is 0 Å². The Kier molecular flexibility index (Phi) is 9.52. The molecule has 0 amide bonds. The largest absolute Gasteiger partial charge is 0.461 e. The van der Waals surface area contributed by atoms with Gasteiger partial charge in [0.05, 0.1) is 12.0 Å². The topological polar surface area (TPSA) is 52.6 Å². The van der Waals surface area contributed by atoms with Crippen LogP contribution in [0.4, 0.5) is 0 Å². The third-order valence-corrected chi connectivity index (χ3v) is 11.7. The van der Waals surface area contributed by atoms with E-state index < -0.39 is 8.32 Å². The number of esters is 1. The maximum absolute atomic E-state index is 13.3. The lowest BCUT2D eigenvalue weighted by Crippen LogP contribution is -2.47. The summed E-state index contributed by atoms with van der Waals surface area (Å²) in [5.41, 5.74) is 2.15. The molecule has 0 spiro atoms. The molecule has 0 unspecified atom stereocenters. The summed E-state index contributed by atoms with van der Waals surface area (Å²) in [7, 11) is -2.04. The molecule has 0 aromatic carbocycles. The van der Waals surface area contributed by atoms with Gasteiger partial charge in [0.25, 0.3) is 0 Å². The molecule has 0 aromatic heterocycles. The van der Waals surface area contributed by atoms with Crippen LogP contribution in [-0.2, 0) is 18.8 Å². The van der Waals surface area contributed by atoms with Crippen molar-refractivity contribution in [3.63, 3.8) is 0 Å². The van der Waals surface area contributed by atoms with Crippen LogP contribution < -0.4 is 0 Å². The van der Waals surface area contributed by atoms with Gasteiger partial charge in [-0.3, -0.25) is 9.59 Å². The summed E-state index contributed by atoms with van der Waals surface area (Å²) in [6, 6.07) is 0. The Morgan fingerprint density at radius 3 is 2.23 bits per heavy atom. The molecule has 178 valence electrons. The Bertz CT molecular complexity index is 701. The van der Waals surface area contributed by atoms with Crippen molar-refractivity contribution in [2.75, 3.05) is 0 Å². The maximum atomic E-state index is 13.3. The number of carbonyl (C=O) groups excluding carboxylic acids is 2. The zero-order valence-corrected chi connectivity index (χ0v) is 22.8. The summed E-state index contributed by atoms with van der Waals surface area (Å²) >= 11 is 0. The lowest BCUT2D eigenvalue weighted by Gasteiger charge is -2.41. The summed E-state index contributed by atoms with van der Waals surface area (Å²) in [6.45, 7) is 27.5. The molecular formula is C26H46O4Si. The summed E-state index contributed by atoms with van der Waals surface area (Å²) in [6.07, 6.45) is 3.42. The van der Waals surface area contributed by atoms with Gasteiger partial charge in [-0.1, -0.05) is 66.7 Å². The predicted octanol–water partition coefficient (Wildman–Crippen LogP) is 6.72. The fourth-order valence-corrected chi connectivity index (χ4v) is 5.37. The zero-order valence-electron chi connectivity index (χ0n) is 21.8. The van der Waals surface area contributed by atoms with Gasteiger partial charge in [0.15, 0.2) is 8.32 Å². The van der Waals surface area contributed by atoms with Gasteiger partial charge in [-0.05, 0) is 56.3 Å². The Morgan fingerprint density at radius 2 is 1.81 bits per heavy atom. The summed E-state index contributed by atoms with van der Waals surface area (Å²) < 4.78 is 12.0. The number of cyclic esters (lactones) is 1. The van der Waals surface area contributed by atoms with E-state index in [2.05, 4.69) is 67.3 Å². The summed E-state index contributed by atoms with van der Waals surface area (Å²) in [5.74, 6) is -0.147. The molecule has 0 N–H and O–H groups in total. The van der Waals surface area contributed by atoms with Gasteiger partial charge in [0.1, 0.15) is 11.9 Å². The van der Waals surface area contributed by atoms with Gasteiger partial charge >= 0.3 is 5.97 Å². The summed E-state index contributed by atoms with van der Waals surface area (Å²) in [4.78, 5) is 24.7. The van der Waals surface area contributed by atoms with Crippen molar-refractivity contribution in [2.24, 2.45) is 23.7 Å². The van der Waals surface area contributed by atoms with Gasteiger partial charge in [-0.15, -0.1) is 0 Å².